The van der Waals surface area contributed by atoms with Gasteiger partial charge in [0.15, 0.2) is 0 Å². The second kappa shape index (κ2) is 10.2. The van der Waals surface area contributed by atoms with Crippen LogP contribution in [0.4, 0.5) is 10.5 Å². The first-order valence-electron chi connectivity index (χ1n) is 12.5. The quantitative estimate of drug-likeness (QED) is 0.367. The van der Waals surface area contributed by atoms with Gasteiger partial charge in [0, 0.05) is 44.3 Å². The number of aromatic amines is 2. The number of anilines is 1. The van der Waals surface area contributed by atoms with E-state index in [9.17, 15) is 9.59 Å². The van der Waals surface area contributed by atoms with Crippen molar-refractivity contribution in [2.24, 2.45) is 5.92 Å². The van der Waals surface area contributed by atoms with Gasteiger partial charge in [-0.05, 0) is 69.2 Å². The van der Waals surface area contributed by atoms with Crippen LogP contribution in [-0.2, 0) is 4.79 Å². The van der Waals surface area contributed by atoms with Gasteiger partial charge >= 0.3 is 6.03 Å². The summed E-state index contributed by atoms with van der Waals surface area (Å²) in [4.78, 5) is 45.7. The van der Waals surface area contributed by atoms with E-state index in [1.54, 1.807) is 4.90 Å². The predicted molar refractivity (Wildman–Crippen MR) is 140 cm³/mol. The van der Waals surface area contributed by atoms with Gasteiger partial charge in [-0.15, -0.1) is 0 Å². The molecule has 3 amide bonds. The zero-order valence-corrected chi connectivity index (χ0v) is 20.6. The summed E-state index contributed by atoms with van der Waals surface area (Å²) in [6.07, 6.45) is 5.34. The minimum absolute atomic E-state index is 0.133. The molecule has 1 atom stereocenters. The molecule has 1 aromatic carbocycles. The molecule has 4 aromatic rings. The topological polar surface area (TPSA) is 110 Å². The Morgan fingerprint density at radius 3 is 2.28 bits per heavy atom. The van der Waals surface area contributed by atoms with E-state index in [0.717, 1.165) is 41.1 Å². The highest BCUT2D eigenvalue weighted by molar-refractivity contribution is 5.93. The van der Waals surface area contributed by atoms with Crippen LogP contribution in [0.15, 0.2) is 54.9 Å². The SMILES string of the molecule is CCN(CC)C(=O)[C@H]1CCCN(C(=O)Nc2ccc3nc(-c4ccc[nH]4)c(-c4ccc[nH]4)nc3c2)C1. The second-order valence-electron chi connectivity index (χ2n) is 9.02. The van der Waals surface area contributed by atoms with Gasteiger partial charge < -0.3 is 25.1 Å². The molecule has 1 aliphatic heterocycles. The number of fused-ring (bicyclic) bond motifs is 1. The van der Waals surface area contributed by atoms with Crippen molar-refractivity contribution in [2.75, 3.05) is 31.5 Å². The molecule has 186 valence electrons. The molecular weight excluding hydrogens is 454 g/mol. The van der Waals surface area contributed by atoms with Crippen LogP contribution in [-0.4, -0.2) is 67.9 Å². The van der Waals surface area contributed by atoms with Gasteiger partial charge in [-0.3, -0.25) is 4.79 Å². The number of H-pyrrole nitrogens is 2. The molecule has 0 radical (unpaired) electrons. The zero-order chi connectivity index (χ0) is 25.1. The Morgan fingerprint density at radius 1 is 1.00 bits per heavy atom. The van der Waals surface area contributed by atoms with Gasteiger partial charge in [0.1, 0.15) is 11.4 Å². The fraction of sp³-hybridized carbons (Fsp3) is 0.333. The number of hydrogen-bond acceptors (Lipinski definition) is 4. The minimum Gasteiger partial charge on any atom is -0.360 e. The van der Waals surface area contributed by atoms with Crippen LogP contribution in [0.3, 0.4) is 0 Å². The van der Waals surface area contributed by atoms with Crippen LogP contribution in [0.5, 0.6) is 0 Å². The van der Waals surface area contributed by atoms with Crippen molar-refractivity contribution in [3.63, 3.8) is 0 Å². The average Bonchev–Trinajstić information content (AvgIpc) is 3.63. The van der Waals surface area contributed by atoms with Gasteiger partial charge in [-0.2, -0.15) is 0 Å². The van der Waals surface area contributed by atoms with Crippen molar-refractivity contribution in [3.8, 4) is 22.8 Å². The lowest BCUT2D eigenvalue weighted by molar-refractivity contribution is -0.136. The lowest BCUT2D eigenvalue weighted by Crippen LogP contribution is -2.47. The van der Waals surface area contributed by atoms with Gasteiger partial charge in [-0.1, -0.05) is 0 Å². The van der Waals surface area contributed by atoms with E-state index in [1.165, 1.54) is 0 Å². The van der Waals surface area contributed by atoms with E-state index < -0.39 is 0 Å². The average molecular weight is 486 g/mol. The van der Waals surface area contributed by atoms with Gasteiger partial charge in [0.25, 0.3) is 0 Å². The number of nitrogens with one attached hydrogen (secondary N) is 3. The molecule has 1 saturated heterocycles. The summed E-state index contributed by atoms with van der Waals surface area (Å²) in [5.74, 6) is -0.0187. The molecule has 9 heteroatoms. The van der Waals surface area contributed by atoms with Crippen LogP contribution in [0.25, 0.3) is 33.8 Å². The maximum Gasteiger partial charge on any atom is 0.321 e. The van der Waals surface area contributed by atoms with Crippen molar-refractivity contribution >= 4 is 28.7 Å². The number of carbonyl (C=O) groups excluding carboxylic acids is 2. The van der Waals surface area contributed by atoms with E-state index >= 15 is 0 Å². The van der Waals surface area contributed by atoms with E-state index in [2.05, 4.69) is 15.3 Å². The lowest BCUT2D eigenvalue weighted by Gasteiger charge is -2.34. The molecule has 3 aromatic heterocycles. The van der Waals surface area contributed by atoms with Crippen molar-refractivity contribution in [2.45, 2.75) is 26.7 Å². The zero-order valence-electron chi connectivity index (χ0n) is 20.6. The van der Waals surface area contributed by atoms with E-state index in [4.69, 9.17) is 9.97 Å². The van der Waals surface area contributed by atoms with Crippen LogP contribution >= 0.6 is 0 Å². The number of carbonyl (C=O) groups is 2. The Labute approximate surface area is 209 Å². The fourth-order valence-electron chi connectivity index (χ4n) is 4.82. The summed E-state index contributed by atoms with van der Waals surface area (Å²) in [6, 6.07) is 13.1. The Balaban J connectivity index is 1.38. The van der Waals surface area contributed by atoms with Crippen LogP contribution < -0.4 is 5.32 Å². The molecule has 4 heterocycles. The van der Waals surface area contributed by atoms with Gasteiger partial charge in [0.05, 0.1) is 28.3 Å². The molecule has 36 heavy (non-hydrogen) atoms. The van der Waals surface area contributed by atoms with E-state index in [1.807, 2.05) is 73.6 Å². The number of piperidine rings is 1. The molecular formula is C27H31N7O2. The van der Waals surface area contributed by atoms with Crippen molar-refractivity contribution in [1.29, 1.82) is 0 Å². The largest absolute Gasteiger partial charge is 0.360 e. The smallest absolute Gasteiger partial charge is 0.321 e. The van der Waals surface area contributed by atoms with Crippen LogP contribution in [0, 0.1) is 5.92 Å². The number of urea groups is 1. The number of likely N-dealkylation sites (tertiary alicyclic amines) is 1. The first-order chi connectivity index (χ1) is 17.6. The molecule has 9 nitrogen and oxygen atoms in total. The molecule has 1 aliphatic rings. The molecule has 1 fully saturated rings. The molecule has 5 rings (SSSR count). The molecule has 0 aliphatic carbocycles. The second-order valence-corrected chi connectivity index (χ2v) is 9.02. The Morgan fingerprint density at radius 2 is 1.67 bits per heavy atom. The summed E-state index contributed by atoms with van der Waals surface area (Å²) in [6.45, 7) is 6.42. The summed E-state index contributed by atoms with van der Waals surface area (Å²) >= 11 is 0. The number of nitrogens with zero attached hydrogens (tertiary/aromatic N) is 4. The molecule has 0 unspecified atom stereocenters. The molecule has 3 N–H and O–H groups in total. The van der Waals surface area contributed by atoms with E-state index in [-0.39, 0.29) is 17.9 Å². The normalized spacial score (nSPS) is 15.7. The number of benzene rings is 1. The lowest BCUT2D eigenvalue weighted by atomic mass is 9.96. The predicted octanol–water partition coefficient (Wildman–Crippen LogP) is 4.73. The number of aromatic nitrogens is 4. The van der Waals surface area contributed by atoms with Crippen molar-refractivity contribution in [3.05, 3.63) is 54.9 Å². The minimum atomic E-state index is -0.202. The Kier molecular flexibility index (Phi) is 6.71. The fourth-order valence-corrected chi connectivity index (χ4v) is 4.82. The Hall–Kier alpha value is -4.14. The summed E-state index contributed by atoms with van der Waals surface area (Å²) in [7, 11) is 0. The summed E-state index contributed by atoms with van der Waals surface area (Å²) in [5.41, 5.74) is 5.28. The molecule has 0 bridgehead atoms. The summed E-state index contributed by atoms with van der Waals surface area (Å²) in [5, 5.41) is 3.00. The molecule has 0 spiro atoms. The monoisotopic (exact) mass is 485 g/mol. The van der Waals surface area contributed by atoms with E-state index in [0.29, 0.717) is 37.4 Å². The third-order valence-corrected chi connectivity index (χ3v) is 6.75. The highest BCUT2D eigenvalue weighted by Crippen LogP contribution is 2.30. The first-order valence-corrected chi connectivity index (χ1v) is 12.5. The maximum absolute atomic E-state index is 13.1. The van der Waals surface area contributed by atoms with Crippen LogP contribution in [0.1, 0.15) is 26.7 Å². The number of rotatable bonds is 6. The molecule has 0 saturated carbocycles. The maximum atomic E-state index is 13.1. The summed E-state index contributed by atoms with van der Waals surface area (Å²) < 4.78 is 0. The first kappa shape index (κ1) is 23.6. The van der Waals surface area contributed by atoms with Crippen molar-refractivity contribution in [1.82, 2.24) is 29.7 Å². The highest BCUT2D eigenvalue weighted by Gasteiger charge is 2.30. The van der Waals surface area contributed by atoms with Gasteiger partial charge in [0.2, 0.25) is 5.91 Å². The third kappa shape index (κ3) is 4.68. The van der Waals surface area contributed by atoms with Crippen molar-refractivity contribution < 1.29 is 9.59 Å². The standard InChI is InChI=1S/C27H31N7O2/c1-3-33(4-2)26(35)18-8-7-15-34(17-18)27(36)30-19-11-12-20-23(16-19)32-25(22-10-6-14-29-22)24(31-20)21-9-5-13-28-21/h5-6,9-14,16,18,28-29H,3-4,7-8,15,17H2,1-2H3,(H,30,36)/t18-/m0/s1. The van der Waals surface area contributed by atoms with Crippen LogP contribution in [0.2, 0.25) is 0 Å². The highest BCUT2D eigenvalue weighted by atomic mass is 16.2. The number of hydrogen-bond donors (Lipinski definition) is 3. The van der Waals surface area contributed by atoms with Gasteiger partial charge in [-0.25, -0.2) is 14.8 Å². The number of amides is 3. The Bertz CT molecular complexity index is 1340. The third-order valence-electron chi connectivity index (χ3n) is 6.75.